The molecule has 0 spiro atoms. The molecule has 132 valence electrons. The van der Waals surface area contributed by atoms with Crippen molar-refractivity contribution in [2.75, 3.05) is 33.0 Å². The standard InChI is InChI=1S/C17H19BrN4O3/c18-14-8-19-22(10-14)11-17(23)21-5-3-20(4-6-21)9-13-1-2-15-16(7-13)25-12-24-15/h1-2,7-8,10H,3-6,9,11-12H2. The third kappa shape index (κ3) is 3.80. The molecule has 8 heteroatoms. The molecule has 1 saturated heterocycles. The first-order valence-electron chi connectivity index (χ1n) is 8.24. The highest BCUT2D eigenvalue weighted by Gasteiger charge is 2.22. The van der Waals surface area contributed by atoms with Gasteiger partial charge in [0.05, 0.1) is 10.7 Å². The van der Waals surface area contributed by atoms with Crippen molar-refractivity contribution in [3.8, 4) is 11.5 Å². The molecule has 0 radical (unpaired) electrons. The number of nitrogens with zero attached hydrogens (tertiary/aromatic N) is 4. The number of hydrogen-bond acceptors (Lipinski definition) is 5. The summed E-state index contributed by atoms with van der Waals surface area (Å²) in [5.41, 5.74) is 1.20. The average Bonchev–Trinajstić information content (AvgIpc) is 3.24. The summed E-state index contributed by atoms with van der Waals surface area (Å²) in [6, 6.07) is 6.07. The zero-order valence-corrected chi connectivity index (χ0v) is 15.3. The zero-order chi connectivity index (χ0) is 17.2. The highest BCUT2D eigenvalue weighted by atomic mass is 79.9. The van der Waals surface area contributed by atoms with Crippen molar-refractivity contribution in [3.05, 3.63) is 40.6 Å². The number of fused-ring (bicyclic) bond motifs is 1. The van der Waals surface area contributed by atoms with Crippen LogP contribution in [0.4, 0.5) is 0 Å². The quantitative estimate of drug-likeness (QED) is 0.773. The van der Waals surface area contributed by atoms with Crippen LogP contribution >= 0.6 is 15.9 Å². The number of rotatable bonds is 4. The van der Waals surface area contributed by atoms with Gasteiger partial charge < -0.3 is 14.4 Å². The molecule has 0 bridgehead atoms. The molecule has 0 N–H and O–H groups in total. The molecule has 2 aromatic rings. The van der Waals surface area contributed by atoms with Gasteiger partial charge in [-0.2, -0.15) is 5.10 Å². The fourth-order valence-corrected chi connectivity index (χ4v) is 3.44. The normalized spacial score (nSPS) is 17.1. The van der Waals surface area contributed by atoms with Crippen molar-refractivity contribution < 1.29 is 14.3 Å². The van der Waals surface area contributed by atoms with E-state index in [4.69, 9.17) is 9.47 Å². The Bertz CT molecular complexity index is 771. The van der Waals surface area contributed by atoms with E-state index in [1.165, 1.54) is 5.56 Å². The summed E-state index contributed by atoms with van der Waals surface area (Å²) in [5.74, 6) is 1.74. The number of amides is 1. The van der Waals surface area contributed by atoms with E-state index in [0.29, 0.717) is 6.79 Å². The van der Waals surface area contributed by atoms with Crippen LogP contribution in [0, 0.1) is 0 Å². The molecule has 1 amide bonds. The predicted molar refractivity (Wildman–Crippen MR) is 94.3 cm³/mol. The van der Waals surface area contributed by atoms with Gasteiger partial charge in [0.1, 0.15) is 6.54 Å². The first kappa shape index (κ1) is 16.4. The molecule has 1 aromatic heterocycles. The van der Waals surface area contributed by atoms with Crippen molar-refractivity contribution in [1.29, 1.82) is 0 Å². The van der Waals surface area contributed by atoms with Crippen LogP contribution in [0.2, 0.25) is 0 Å². The maximum absolute atomic E-state index is 12.4. The lowest BCUT2D eigenvalue weighted by molar-refractivity contribution is -0.133. The van der Waals surface area contributed by atoms with E-state index in [1.807, 2.05) is 23.2 Å². The molecule has 0 unspecified atom stereocenters. The van der Waals surface area contributed by atoms with Crippen molar-refractivity contribution in [1.82, 2.24) is 19.6 Å². The second-order valence-corrected chi connectivity index (χ2v) is 7.12. The molecule has 2 aliphatic heterocycles. The smallest absolute Gasteiger partial charge is 0.244 e. The molecular formula is C17H19BrN4O3. The molecular weight excluding hydrogens is 388 g/mol. The van der Waals surface area contributed by atoms with Gasteiger partial charge in [0.2, 0.25) is 12.7 Å². The van der Waals surface area contributed by atoms with Gasteiger partial charge >= 0.3 is 0 Å². The van der Waals surface area contributed by atoms with E-state index in [-0.39, 0.29) is 12.5 Å². The molecule has 0 aliphatic carbocycles. The lowest BCUT2D eigenvalue weighted by atomic mass is 10.1. The summed E-state index contributed by atoms with van der Waals surface area (Å²) in [4.78, 5) is 16.6. The third-order valence-corrected chi connectivity index (χ3v) is 4.88. The van der Waals surface area contributed by atoms with E-state index in [0.717, 1.165) is 48.7 Å². The summed E-state index contributed by atoms with van der Waals surface area (Å²) in [6.45, 7) is 4.65. The van der Waals surface area contributed by atoms with E-state index in [9.17, 15) is 4.79 Å². The number of hydrogen-bond donors (Lipinski definition) is 0. The number of aromatic nitrogens is 2. The monoisotopic (exact) mass is 406 g/mol. The molecule has 3 heterocycles. The van der Waals surface area contributed by atoms with Crippen LogP contribution in [-0.2, 0) is 17.9 Å². The summed E-state index contributed by atoms with van der Waals surface area (Å²) in [7, 11) is 0. The molecule has 25 heavy (non-hydrogen) atoms. The third-order valence-electron chi connectivity index (χ3n) is 4.47. The highest BCUT2D eigenvalue weighted by molar-refractivity contribution is 9.10. The second-order valence-electron chi connectivity index (χ2n) is 6.20. The van der Waals surface area contributed by atoms with Gasteiger partial charge in [-0.3, -0.25) is 14.4 Å². The molecule has 4 rings (SSSR count). The summed E-state index contributed by atoms with van der Waals surface area (Å²) >= 11 is 3.34. The van der Waals surface area contributed by atoms with Crippen LogP contribution in [-0.4, -0.2) is 58.5 Å². The molecule has 1 fully saturated rings. The molecule has 0 atom stereocenters. The van der Waals surface area contributed by atoms with Gasteiger partial charge in [0.15, 0.2) is 11.5 Å². The van der Waals surface area contributed by atoms with E-state index in [1.54, 1.807) is 10.9 Å². The Morgan fingerprint density at radius 1 is 1.16 bits per heavy atom. The van der Waals surface area contributed by atoms with E-state index >= 15 is 0 Å². The molecule has 0 saturated carbocycles. The van der Waals surface area contributed by atoms with Crippen LogP contribution in [0.3, 0.4) is 0 Å². The Labute approximate surface area is 154 Å². The highest BCUT2D eigenvalue weighted by Crippen LogP contribution is 2.32. The maximum atomic E-state index is 12.4. The minimum Gasteiger partial charge on any atom is -0.454 e. The van der Waals surface area contributed by atoms with Crippen LogP contribution in [0.25, 0.3) is 0 Å². The van der Waals surface area contributed by atoms with Gasteiger partial charge in [-0.1, -0.05) is 6.07 Å². The Kier molecular flexibility index (Phi) is 4.63. The topological polar surface area (TPSA) is 59.8 Å². The Morgan fingerprint density at radius 2 is 1.96 bits per heavy atom. The molecule has 7 nitrogen and oxygen atoms in total. The zero-order valence-electron chi connectivity index (χ0n) is 13.7. The summed E-state index contributed by atoms with van der Waals surface area (Å²) in [6.07, 6.45) is 3.50. The molecule has 1 aromatic carbocycles. The first-order valence-corrected chi connectivity index (χ1v) is 9.03. The number of ether oxygens (including phenoxy) is 2. The average molecular weight is 407 g/mol. The Hall–Kier alpha value is -2.06. The van der Waals surface area contributed by atoms with Crippen LogP contribution in [0.15, 0.2) is 35.1 Å². The van der Waals surface area contributed by atoms with Crippen LogP contribution in [0.5, 0.6) is 11.5 Å². The van der Waals surface area contributed by atoms with E-state index in [2.05, 4.69) is 32.0 Å². The lowest BCUT2D eigenvalue weighted by Crippen LogP contribution is -2.49. The summed E-state index contributed by atoms with van der Waals surface area (Å²) < 4.78 is 13.3. The predicted octanol–water partition coefficient (Wildman–Crippen LogP) is 1.72. The van der Waals surface area contributed by atoms with E-state index < -0.39 is 0 Å². The fraction of sp³-hybridized carbons (Fsp3) is 0.412. The van der Waals surface area contributed by atoms with Gasteiger partial charge in [0, 0.05) is 38.9 Å². The maximum Gasteiger partial charge on any atom is 0.244 e. The van der Waals surface area contributed by atoms with Crippen molar-refractivity contribution in [2.24, 2.45) is 0 Å². The van der Waals surface area contributed by atoms with Gasteiger partial charge in [-0.15, -0.1) is 0 Å². The minimum absolute atomic E-state index is 0.110. The number of halogens is 1. The first-order chi connectivity index (χ1) is 12.2. The number of benzene rings is 1. The number of carbonyl (C=O) groups is 1. The van der Waals surface area contributed by atoms with Crippen molar-refractivity contribution in [2.45, 2.75) is 13.1 Å². The van der Waals surface area contributed by atoms with Gasteiger partial charge in [-0.25, -0.2) is 0 Å². The van der Waals surface area contributed by atoms with Gasteiger partial charge in [0.25, 0.3) is 0 Å². The van der Waals surface area contributed by atoms with Crippen molar-refractivity contribution in [3.63, 3.8) is 0 Å². The number of piperazine rings is 1. The van der Waals surface area contributed by atoms with Gasteiger partial charge in [-0.05, 0) is 33.6 Å². The lowest BCUT2D eigenvalue weighted by Gasteiger charge is -2.34. The minimum atomic E-state index is 0.110. The Morgan fingerprint density at radius 3 is 2.72 bits per heavy atom. The summed E-state index contributed by atoms with van der Waals surface area (Å²) in [5, 5.41) is 4.14. The van der Waals surface area contributed by atoms with Crippen LogP contribution < -0.4 is 9.47 Å². The Balaban J connectivity index is 1.28. The number of carbonyl (C=O) groups excluding carboxylic acids is 1. The second kappa shape index (κ2) is 7.05. The van der Waals surface area contributed by atoms with Crippen molar-refractivity contribution >= 4 is 21.8 Å². The fourth-order valence-electron chi connectivity index (χ4n) is 3.12. The molecule has 2 aliphatic rings. The largest absolute Gasteiger partial charge is 0.454 e. The van der Waals surface area contributed by atoms with Crippen LogP contribution in [0.1, 0.15) is 5.56 Å². The SMILES string of the molecule is O=C(Cn1cc(Br)cn1)N1CCN(Cc2ccc3c(c2)OCO3)CC1.